The number of nitrogens with zero attached hydrogens (tertiary/aromatic N) is 3. The monoisotopic (exact) mass is 346 g/mol. The minimum atomic E-state index is -0.917. The molecule has 0 aliphatic carbocycles. The van der Waals surface area contributed by atoms with Gasteiger partial charge in [-0.1, -0.05) is 0 Å². The van der Waals surface area contributed by atoms with Gasteiger partial charge in [-0.15, -0.1) is 0 Å². The summed E-state index contributed by atoms with van der Waals surface area (Å²) in [5, 5.41) is 29.4. The van der Waals surface area contributed by atoms with Crippen LogP contribution in [0.5, 0.6) is 0 Å². The zero-order valence-corrected chi connectivity index (χ0v) is 13.7. The lowest BCUT2D eigenvalue weighted by molar-refractivity contribution is -0.140. The molecule has 1 fully saturated rings. The average molecular weight is 346 g/mol. The first kappa shape index (κ1) is 20.3. The second kappa shape index (κ2) is 10.9. The Bertz CT molecular complexity index is 405. The lowest BCUT2D eigenvalue weighted by Gasteiger charge is -2.25. The van der Waals surface area contributed by atoms with Crippen LogP contribution >= 0.6 is 0 Å². The van der Waals surface area contributed by atoms with Crippen LogP contribution < -0.4 is 5.32 Å². The molecule has 1 rings (SSSR count). The summed E-state index contributed by atoms with van der Waals surface area (Å²) in [7, 11) is 0. The summed E-state index contributed by atoms with van der Waals surface area (Å²) in [6, 6.07) is 0. The summed E-state index contributed by atoms with van der Waals surface area (Å²) in [6.45, 7) is 4.33. The van der Waals surface area contributed by atoms with Crippen molar-refractivity contribution in [3.63, 3.8) is 0 Å². The number of nitrogens with one attached hydrogen (secondary N) is 1. The van der Waals surface area contributed by atoms with Crippen molar-refractivity contribution >= 4 is 17.9 Å². The molecule has 0 amide bonds. The van der Waals surface area contributed by atoms with E-state index in [-0.39, 0.29) is 19.6 Å². The van der Waals surface area contributed by atoms with Gasteiger partial charge in [0.05, 0.1) is 19.6 Å². The third-order valence-corrected chi connectivity index (χ3v) is 3.80. The molecule has 1 aliphatic heterocycles. The van der Waals surface area contributed by atoms with Crippen LogP contribution in [0.2, 0.25) is 0 Å². The first-order valence-electron chi connectivity index (χ1n) is 7.90. The van der Waals surface area contributed by atoms with Gasteiger partial charge in [0.25, 0.3) is 0 Å². The van der Waals surface area contributed by atoms with Crippen LogP contribution in [0.1, 0.15) is 0 Å². The fraction of sp³-hybridized carbons (Fsp3) is 0.786. The van der Waals surface area contributed by atoms with Crippen molar-refractivity contribution in [1.29, 1.82) is 0 Å². The molecule has 1 saturated heterocycles. The van der Waals surface area contributed by atoms with Crippen LogP contribution in [-0.2, 0) is 14.4 Å². The second-order valence-electron chi connectivity index (χ2n) is 5.75. The maximum Gasteiger partial charge on any atom is 0.317 e. The van der Waals surface area contributed by atoms with Gasteiger partial charge in [0.2, 0.25) is 0 Å². The highest BCUT2D eigenvalue weighted by Crippen LogP contribution is 2.00. The number of carboxylic acids is 3. The minimum Gasteiger partial charge on any atom is -0.480 e. The zero-order valence-electron chi connectivity index (χ0n) is 13.7. The van der Waals surface area contributed by atoms with Crippen LogP contribution in [0.4, 0.5) is 0 Å². The number of aliphatic carboxylic acids is 3. The number of carbonyl (C=O) groups is 3. The summed E-state index contributed by atoms with van der Waals surface area (Å²) in [5.41, 5.74) is 0. The molecule has 0 atom stereocenters. The predicted molar refractivity (Wildman–Crippen MR) is 85.1 cm³/mol. The smallest absolute Gasteiger partial charge is 0.317 e. The van der Waals surface area contributed by atoms with Gasteiger partial charge in [0.15, 0.2) is 0 Å². The Hall–Kier alpha value is -1.75. The lowest BCUT2D eigenvalue weighted by atomic mass is 10.4. The highest BCUT2D eigenvalue weighted by atomic mass is 16.4. The van der Waals surface area contributed by atoms with E-state index in [0.717, 1.165) is 0 Å². The first-order chi connectivity index (χ1) is 11.4. The Morgan fingerprint density at radius 1 is 0.708 bits per heavy atom. The highest BCUT2D eigenvalue weighted by Gasteiger charge is 2.19. The molecule has 0 unspecified atom stereocenters. The van der Waals surface area contributed by atoms with E-state index in [2.05, 4.69) is 10.2 Å². The quantitative estimate of drug-likeness (QED) is 0.339. The normalized spacial score (nSPS) is 18.5. The van der Waals surface area contributed by atoms with Crippen LogP contribution in [0, 0.1) is 0 Å². The molecule has 0 aromatic carbocycles. The third-order valence-electron chi connectivity index (χ3n) is 3.80. The molecule has 0 spiro atoms. The molecule has 10 nitrogen and oxygen atoms in total. The maximum atomic E-state index is 10.9. The molecule has 0 saturated carbocycles. The van der Waals surface area contributed by atoms with Crippen molar-refractivity contribution in [3.05, 3.63) is 0 Å². The average Bonchev–Trinajstić information content (AvgIpc) is 2.55. The Morgan fingerprint density at radius 2 is 1.12 bits per heavy atom. The summed E-state index contributed by atoms with van der Waals surface area (Å²) >= 11 is 0. The van der Waals surface area contributed by atoms with Gasteiger partial charge in [0, 0.05) is 52.4 Å². The molecule has 0 aromatic heterocycles. The maximum absolute atomic E-state index is 10.9. The van der Waals surface area contributed by atoms with Crippen molar-refractivity contribution in [2.24, 2.45) is 0 Å². The standard InChI is InChI=1S/C14H26N4O6/c19-12(20)9-15-1-2-16-3-5-17(10-13(21)22)7-8-18(6-4-16)11-14(23)24/h15H,1-11H2,(H,19,20)(H,21,22)(H,23,24). The Kier molecular flexibility index (Phi) is 9.23. The predicted octanol–water partition coefficient (Wildman–Crippen LogP) is -2.25. The molecular weight excluding hydrogens is 320 g/mol. The molecule has 0 aromatic rings. The number of hydrogen-bond acceptors (Lipinski definition) is 7. The van der Waals surface area contributed by atoms with Gasteiger partial charge in [-0.05, 0) is 0 Å². The summed E-state index contributed by atoms with van der Waals surface area (Å²) in [4.78, 5) is 38.0. The van der Waals surface area contributed by atoms with E-state index in [0.29, 0.717) is 52.4 Å². The minimum absolute atomic E-state index is 0.0774. The largest absolute Gasteiger partial charge is 0.480 e. The van der Waals surface area contributed by atoms with Crippen molar-refractivity contribution in [1.82, 2.24) is 20.0 Å². The Morgan fingerprint density at radius 3 is 1.50 bits per heavy atom. The van der Waals surface area contributed by atoms with Crippen LogP contribution in [0.3, 0.4) is 0 Å². The van der Waals surface area contributed by atoms with E-state index in [1.807, 2.05) is 0 Å². The number of hydrogen-bond donors (Lipinski definition) is 4. The van der Waals surface area contributed by atoms with Crippen molar-refractivity contribution in [2.45, 2.75) is 0 Å². The van der Waals surface area contributed by atoms with E-state index in [4.69, 9.17) is 15.3 Å². The van der Waals surface area contributed by atoms with Crippen molar-refractivity contribution in [2.75, 3.05) is 72.0 Å². The van der Waals surface area contributed by atoms with Gasteiger partial charge < -0.3 is 20.6 Å². The topological polar surface area (TPSA) is 134 Å². The highest BCUT2D eigenvalue weighted by molar-refractivity contribution is 5.69. The molecule has 1 heterocycles. The van der Waals surface area contributed by atoms with Gasteiger partial charge in [0.1, 0.15) is 0 Å². The van der Waals surface area contributed by atoms with E-state index < -0.39 is 17.9 Å². The molecule has 138 valence electrons. The van der Waals surface area contributed by atoms with E-state index in [9.17, 15) is 14.4 Å². The van der Waals surface area contributed by atoms with Gasteiger partial charge in [-0.2, -0.15) is 0 Å². The Balaban J connectivity index is 2.56. The van der Waals surface area contributed by atoms with E-state index in [1.165, 1.54) is 0 Å². The molecule has 10 heteroatoms. The van der Waals surface area contributed by atoms with Gasteiger partial charge >= 0.3 is 17.9 Å². The molecular formula is C14H26N4O6. The molecule has 0 bridgehead atoms. The molecule has 24 heavy (non-hydrogen) atoms. The van der Waals surface area contributed by atoms with Crippen LogP contribution in [0.15, 0.2) is 0 Å². The summed E-state index contributed by atoms with van der Waals surface area (Å²) in [6.07, 6.45) is 0. The van der Waals surface area contributed by atoms with Crippen molar-refractivity contribution < 1.29 is 29.7 Å². The summed E-state index contributed by atoms with van der Waals surface area (Å²) in [5.74, 6) is -2.73. The SMILES string of the molecule is O=C(O)CNCCN1CCN(CC(=O)O)CCN(CC(=O)O)CC1. The second-order valence-corrected chi connectivity index (χ2v) is 5.75. The first-order valence-corrected chi connectivity index (χ1v) is 7.90. The van der Waals surface area contributed by atoms with Gasteiger partial charge in [-0.25, -0.2) is 0 Å². The summed E-state index contributed by atoms with van der Waals surface area (Å²) < 4.78 is 0. The van der Waals surface area contributed by atoms with Crippen molar-refractivity contribution in [3.8, 4) is 0 Å². The molecule has 1 aliphatic rings. The zero-order chi connectivity index (χ0) is 17.9. The van der Waals surface area contributed by atoms with Gasteiger partial charge in [-0.3, -0.25) is 29.1 Å². The van der Waals surface area contributed by atoms with Crippen LogP contribution in [0.25, 0.3) is 0 Å². The fourth-order valence-electron chi connectivity index (χ4n) is 2.54. The van der Waals surface area contributed by atoms with E-state index in [1.54, 1.807) is 9.80 Å². The number of carboxylic acid groups (broad SMARTS) is 3. The van der Waals surface area contributed by atoms with E-state index >= 15 is 0 Å². The fourth-order valence-corrected chi connectivity index (χ4v) is 2.54. The molecule has 4 N–H and O–H groups in total. The lowest BCUT2D eigenvalue weighted by Crippen LogP contribution is -2.41. The number of rotatable bonds is 9. The Labute approximate surface area is 140 Å². The third kappa shape index (κ3) is 9.40. The van der Waals surface area contributed by atoms with Crippen LogP contribution in [-0.4, -0.2) is 120 Å². The molecule has 0 radical (unpaired) electrons.